The molecular formula is C48H32S4. The summed E-state index contributed by atoms with van der Waals surface area (Å²) < 4.78 is 6.79. The molecule has 0 spiro atoms. The summed E-state index contributed by atoms with van der Waals surface area (Å²) in [5.41, 5.74) is 9.69. The van der Waals surface area contributed by atoms with Crippen molar-refractivity contribution in [3.8, 4) is 11.8 Å². The first-order valence-electron chi connectivity index (χ1n) is 17.5. The maximum atomic E-state index is 3.51. The highest BCUT2D eigenvalue weighted by Crippen LogP contribution is 2.55. The van der Waals surface area contributed by atoms with Crippen molar-refractivity contribution >= 4 is 110 Å². The van der Waals surface area contributed by atoms with Gasteiger partial charge in [-0.05, 0) is 60.4 Å². The number of rotatable bonds is 4. The van der Waals surface area contributed by atoms with Crippen LogP contribution in [0.5, 0.6) is 0 Å². The highest BCUT2D eigenvalue weighted by atomic mass is 32.2. The second-order valence-electron chi connectivity index (χ2n) is 13.7. The van der Waals surface area contributed by atoms with E-state index in [0.29, 0.717) is 11.2 Å². The van der Waals surface area contributed by atoms with E-state index in [1.807, 2.05) is 45.8 Å². The number of benzene rings is 5. The Balaban J connectivity index is 0.858. The molecule has 2 unspecified atom stereocenters. The van der Waals surface area contributed by atoms with E-state index in [-0.39, 0.29) is 0 Å². The van der Waals surface area contributed by atoms with Gasteiger partial charge in [-0.25, -0.2) is 0 Å². The zero-order valence-corrected chi connectivity index (χ0v) is 31.9. The van der Waals surface area contributed by atoms with Crippen molar-refractivity contribution in [1.82, 2.24) is 0 Å². The molecule has 0 amide bonds. The van der Waals surface area contributed by atoms with Crippen LogP contribution in [0.3, 0.4) is 0 Å². The lowest BCUT2D eigenvalue weighted by Gasteiger charge is -2.16. The van der Waals surface area contributed by atoms with Gasteiger partial charge >= 0.3 is 0 Å². The number of thioether (sulfide) groups is 1. The molecule has 4 heterocycles. The molecule has 10 rings (SSSR count). The Hall–Kier alpha value is -4.89. The van der Waals surface area contributed by atoms with Gasteiger partial charge in [0.2, 0.25) is 0 Å². The lowest BCUT2D eigenvalue weighted by atomic mass is 9.95. The molecule has 5 aromatic carbocycles. The van der Waals surface area contributed by atoms with Crippen molar-refractivity contribution < 1.29 is 0 Å². The van der Waals surface area contributed by atoms with E-state index in [1.165, 1.54) is 82.8 Å². The SMILES string of the molecule is Cc1ccc(/C=C/c2ccc3c4c(sc3c2)C2C=CC(C#Cc3ccc5c(c3)sc3c6ccc(/C=C/c7ccc(C)cc7)cc6sc53)=CC2S4)cc1. The molecule has 0 saturated heterocycles. The molecule has 0 bridgehead atoms. The van der Waals surface area contributed by atoms with Gasteiger partial charge in [-0.2, -0.15) is 0 Å². The van der Waals surface area contributed by atoms with Gasteiger partial charge in [0.1, 0.15) is 0 Å². The minimum absolute atomic E-state index is 0.402. The Bertz CT molecular complexity index is 2890. The van der Waals surface area contributed by atoms with Gasteiger partial charge in [0.25, 0.3) is 0 Å². The number of hydrogen-bond donors (Lipinski definition) is 0. The predicted octanol–water partition coefficient (Wildman–Crippen LogP) is 14.5. The summed E-state index contributed by atoms with van der Waals surface area (Å²) in [6.07, 6.45) is 15.8. The Labute approximate surface area is 320 Å². The second-order valence-corrected chi connectivity index (χ2v) is 18.1. The fourth-order valence-electron chi connectivity index (χ4n) is 7.11. The third-order valence-electron chi connectivity index (χ3n) is 9.98. The third-order valence-corrected chi connectivity index (χ3v) is 15.2. The fourth-order valence-corrected chi connectivity index (χ4v) is 13.0. The van der Waals surface area contributed by atoms with Crippen LogP contribution in [0.4, 0.5) is 0 Å². The van der Waals surface area contributed by atoms with E-state index in [4.69, 9.17) is 0 Å². The van der Waals surface area contributed by atoms with Gasteiger partial charge in [-0.1, -0.05) is 144 Å². The van der Waals surface area contributed by atoms with Crippen LogP contribution in [0.25, 0.3) is 64.0 Å². The van der Waals surface area contributed by atoms with Crippen LogP contribution in [-0.4, -0.2) is 5.25 Å². The summed E-state index contributed by atoms with van der Waals surface area (Å²) in [4.78, 5) is 2.94. The zero-order chi connectivity index (χ0) is 34.8. The molecule has 248 valence electrons. The molecule has 0 radical (unpaired) electrons. The van der Waals surface area contributed by atoms with Crippen molar-refractivity contribution in [3.63, 3.8) is 0 Å². The minimum Gasteiger partial charge on any atom is -0.138 e. The number of hydrogen-bond acceptors (Lipinski definition) is 4. The molecule has 0 N–H and O–H groups in total. The van der Waals surface area contributed by atoms with E-state index in [1.54, 1.807) is 0 Å². The summed E-state index contributed by atoms with van der Waals surface area (Å²) >= 11 is 7.75. The lowest BCUT2D eigenvalue weighted by Crippen LogP contribution is -2.08. The van der Waals surface area contributed by atoms with Gasteiger partial charge in [-0.15, -0.1) is 45.8 Å². The average Bonchev–Trinajstić information content (AvgIpc) is 3.90. The first kappa shape index (κ1) is 31.8. The first-order valence-corrected chi connectivity index (χ1v) is 20.9. The van der Waals surface area contributed by atoms with Crippen molar-refractivity contribution in [2.24, 2.45) is 0 Å². The highest BCUT2D eigenvalue weighted by Gasteiger charge is 2.35. The number of thiophene rings is 3. The molecule has 3 aromatic heterocycles. The van der Waals surface area contributed by atoms with Gasteiger partial charge in [0.15, 0.2) is 0 Å². The fraction of sp³-hybridized carbons (Fsp3) is 0.0833. The molecule has 4 heteroatoms. The van der Waals surface area contributed by atoms with E-state index in [9.17, 15) is 0 Å². The topological polar surface area (TPSA) is 0 Å². The lowest BCUT2D eigenvalue weighted by molar-refractivity contribution is 0.899. The Morgan fingerprint density at radius 2 is 1.08 bits per heavy atom. The Morgan fingerprint density at radius 1 is 0.538 bits per heavy atom. The summed E-state index contributed by atoms with van der Waals surface area (Å²) in [5, 5.41) is 4.46. The summed E-state index contributed by atoms with van der Waals surface area (Å²) in [6, 6.07) is 37.9. The van der Waals surface area contributed by atoms with Crippen LogP contribution in [0.15, 0.2) is 132 Å². The highest BCUT2D eigenvalue weighted by molar-refractivity contribution is 8.01. The van der Waals surface area contributed by atoms with Gasteiger partial charge in [0, 0.05) is 62.3 Å². The van der Waals surface area contributed by atoms with E-state index in [2.05, 4.69) is 171 Å². The molecule has 8 aromatic rings. The summed E-state index contributed by atoms with van der Waals surface area (Å²) in [7, 11) is 0. The molecular weight excluding hydrogens is 705 g/mol. The Morgan fingerprint density at radius 3 is 1.73 bits per heavy atom. The second kappa shape index (κ2) is 13.0. The molecule has 52 heavy (non-hydrogen) atoms. The van der Waals surface area contributed by atoms with Gasteiger partial charge in [-0.3, -0.25) is 0 Å². The number of fused-ring (bicyclic) bond motifs is 10. The van der Waals surface area contributed by atoms with Crippen LogP contribution in [0, 0.1) is 25.7 Å². The van der Waals surface area contributed by atoms with Crippen molar-refractivity contribution in [1.29, 1.82) is 0 Å². The average molecular weight is 737 g/mol. The first-order chi connectivity index (χ1) is 25.5. The number of aryl methyl sites for hydroxylation is 2. The maximum Gasteiger partial charge on any atom is 0.0542 e. The van der Waals surface area contributed by atoms with Crippen LogP contribution >= 0.6 is 45.8 Å². The number of allylic oxidation sites excluding steroid dienone is 3. The quantitative estimate of drug-likeness (QED) is 0.128. The standard InChI is InChI=1S/C48H32S4/c1-29-3-7-31(8-4-29)11-13-33-17-21-37-41(25-33)49-47-39-23-19-35(27-43(39)51-45(37)47)15-16-36-20-24-40-44(28-36)52-46-38-22-18-34(26-42(38)50-48(40)46)14-12-32-9-5-30(2)6-10-32/h3-14,17-28,39,43H,1-2H3/b13-11+,14-12+. The van der Waals surface area contributed by atoms with E-state index in [0.717, 1.165) is 11.1 Å². The minimum atomic E-state index is 0.402. The maximum absolute atomic E-state index is 3.51. The molecule has 2 aliphatic rings. The smallest absolute Gasteiger partial charge is 0.0542 e. The van der Waals surface area contributed by atoms with Crippen LogP contribution in [0.2, 0.25) is 0 Å². The van der Waals surface area contributed by atoms with Crippen LogP contribution in [-0.2, 0) is 0 Å². The zero-order valence-electron chi connectivity index (χ0n) is 28.6. The molecule has 0 saturated carbocycles. The van der Waals surface area contributed by atoms with E-state index >= 15 is 0 Å². The molecule has 0 fully saturated rings. The molecule has 0 nitrogen and oxygen atoms in total. The van der Waals surface area contributed by atoms with E-state index < -0.39 is 0 Å². The molecule has 2 atom stereocenters. The molecule has 1 aliphatic heterocycles. The normalized spacial score (nSPS) is 16.7. The van der Waals surface area contributed by atoms with Crippen molar-refractivity contribution in [2.75, 3.05) is 0 Å². The predicted molar refractivity (Wildman–Crippen MR) is 233 cm³/mol. The van der Waals surface area contributed by atoms with Gasteiger partial charge in [0.05, 0.1) is 9.40 Å². The summed E-state index contributed by atoms with van der Waals surface area (Å²) in [5.74, 6) is 7.42. The van der Waals surface area contributed by atoms with Crippen LogP contribution < -0.4 is 0 Å². The largest absolute Gasteiger partial charge is 0.138 e. The van der Waals surface area contributed by atoms with Crippen molar-refractivity contribution in [3.05, 3.63) is 171 Å². The van der Waals surface area contributed by atoms with Gasteiger partial charge < -0.3 is 0 Å². The third kappa shape index (κ3) is 5.89. The summed E-state index contributed by atoms with van der Waals surface area (Å²) in [6.45, 7) is 4.25. The van der Waals surface area contributed by atoms with Crippen molar-refractivity contribution in [2.45, 2.75) is 29.9 Å². The van der Waals surface area contributed by atoms with Crippen LogP contribution in [0.1, 0.15) is 49.7 Å². The monoisotopic (exact) mass is 736 g/mol. The molecule has 1 aliphatic carbocycles. The Kier molecular flexibility index (Phi) is 7.92.